The highest BCUT2D eigenvalue weighted by molar-refractivity contribution is 5.72. The number of rotatable bonds is 16. The van der Waals surface area contributed by atoms with Gasteiger partial charge in [-0.3, -0.25) is 9.59 Å². The standard InChI is InChI=1S/C19H36O9/c1-5-13(3)18(23)27-11-16(21)9-25-7-15(20)8-26-10-17(22)12-28-19(24)14(4)6-2/h13-17,20-22H,5-12H2,1-4H3. The van der Waals surface area contributed by atoms with Crippen molar-refractivity contribution in [2.75, 3.05) is 39.6 Å². The van der Waals surface area contributed by atoms with Crippen LogP contribution in [0.4, 0.5) is 0 Å². The molecule has 0 aromatic carbocycles. The first-order valence-electron chi connectivity index (χ1n) is 9.74. The van der Waals surface area contributed by atoms with Crippen molar-refractivity contribution in [1.29, 1.82) is 0 Å². The molecule has 0 aliphatic carbocycles. The van der Waals surface area contributed by atoms with Crippen molar-refractivity contribution in [1.82, 2.24) is 0 Å². The fourth-order valence-electron chi connectivity index (χ4n) is 1.80. The summed E-state index contributed by atoms with van der Waals surface area (Å²) >= 11 is 0. The van der Waals surface area contributed by atoms with Crippen molar-refractivity contribution in [2.45, 2.75) is 58.8 Å². The van der Waals surface area contributed by atoms with E-state index in [-0.39, 0.29) is 63.4 Å². The van der Waals surface area contributed by atoms with Crippen molar-refractivity contribution in [3.05, 3.63) is 0 Å². The zero-order valence-electron chi connectivity index (χ0n) is 17.3. The van der Waals surface area contributed by atoms with Crippen LogP contribution in [-0.4, -0.2) is 85.2 Å². The smallest absolute Gasteiger partial charge is 0.308 e. The first kappa shape index (κ1) is 26.7. The maximum Gasteiger partial charge on any atom is 0.308 e. The molecule has 0 aromatic heterocycles. The molecule has 3 N–H and O–H groups in total. The molecule has 0 aromatic rings. The number of hydrogen-bond donors (Lipinski definition) is 3. The van der Waals surface area contributed by atoms with E-state index >= 15 is 0 Å². The van der Waals surface area contributed by atoms with Gasteiger partial charge in [0.2, 0.25) is 0 Å². The number of hydrogen-bond acceptors (Lipinski definition) is 9. The molecule has 0 rings (SSSR count). The van der Waals surface area contributed by atoms with Crippen LogP contribution >= 0.6 is 0 Å². The maximum atomic E-state index is 11.5. The molecule has 4 atom stereocenters. The van der Waals surface area contributed by atoms with E-state index in [1.807, 2.05) is 13.8 Å². The molecule has 0 aliphatic rings. The normalized spacial score (nSPS) is 16.7. The number of ether oxygens (including phenoxy) is 4. The van der Waals surface area contributed by atoms with E-state index in [4.69, 9.17) is 18.9 Å². The highest BCUT2D eigenvalue weighted by Crippen LogP contribution is 2.05. The third-order valence-corrected chi connectivity index (χ3v) is 4.11. The molecular formula is C19H36O9. The molecule has 0 saturated heterocycles. The SMILES string of the molecule is CCC(C)C(=O)OCC(O)COCC(O)COCC(O)COC(=O)C(C)CC. The average molecular weight is 408 g/mol. The Morgan fingerprint density at radius 2 is 0.929 bits per heavy atom. The van der Waals surface area contributed by atoms with Gasteiger partial charge in [0.1, 0.15) is 31.5 Å². The summed E-state index contributed by atoms with van der Waals surface area (Å²) in [5, 5.41) is 29.1. The Morgan fingerprint density at radius 1 is 0.643 bits per heavy atom. The van der Waals surface area contributed by atoms with Crippen LogP contribution in [0.25, 0.3) is 0 Å². The van der Waals surface area contributed by atoms with Crippen LogP contribution in [0.2, 0.25) is 0 Å². The van der Waals surface area contributed by atoms with Gasteiger partial charge < -0.3 is 34.3 Å². The van der Waals surface area contributed by atoms with Crippen molar-refractivity contribution in [2.24, 2.45) is 11.8 Å². The van der Waals surface area contributed by atoms with E-state index in [1.165, 1.54) is 0 Å². The van der Waals surface area contributed by atoms with Crippen LogP contribution in [0.5, 0.6) is 0 Å². The highest BCUT2D eigenvalue weighted by atomic mass is 16.6. The first-order chi connectivity index (χ1) is 13.2. The summed E-state index contributed by atoms with van der Waals surface area (Å²) in [6.45, 7) is 6.51. The number of esters is 2. The fourth-order valence-corrected chi connectivity index (χ4v) is 1.80. The lowest BCUT2D eigenvalue weighted by molar-refractivity contribution is -0.152. The van der Waals surface area contributed by atoms with Crippen LogP contribution in [0, 0.1) is 11.8 Å². The van der Waals surface area contributed by atoms with Gasteiger partial charge in [-0.25, -0.2) is 0 Å². The molecule has 166 valence electrons. The molecule has 28 heavy (non-hydrogen) atoms. The minimum Gasteiger partial charge on any atom is -0.463 e. The van der Waals surface area contributed by atoms with Gasteiger partial charge in [0, 0.05) is 0 Å². The number of aliphatic hydroxyl groups is 3. The first-order valence-corrected chi connectivity index (χ1v) is 9.74. The molecule has 0 radical (unpaired) electrons. The summed E-state index contributed by atoms with van der Waals surface area (Å²) in [6, 6.07) is 0. The predicted octanol–water partition coefficient (Wildman–Crippen LogP) is 0.281. The van der Waals surface area contributed by atoms with Gasteiger partial charge >= 0.3 is 11.9 Å². The van der Waals surface area contributed by atoms with Crippen LogP contribution in [0.3, 0.4) is 0 Å². The number of carbonyl (C=O) groups excluding carboxylic acids is 2. The molecule has 0 amide bonds. The third kappa shape index (κ3) is 13.0. The molecule has 0 bridgehead atoms. The Balaban J connectivity index is 3.75. The van der Waals surface area contributed by atoms with E-state index < -0.39 is 18.3 Å². The Hall–Kier alpha value is -1.26. The predicted molar refractivity (Wildman–Crippen MR) is 100 cm³/mol. The minimum atomic E-state index is -0.983. The van der Waals surface area contributed by atoms with Gasteiger partial charge in [0.05, 0.1) is 38.3 Å². The van der Waals surface area contributed by atoms with Crippen LogP contribution in [-0.2, 0) is 28.5 Å². The van der Waals surface area contributed by atoms with Gasteiger partial charge in [0.25, 0.3) is 0 Å². The average Bonchev–Trinajstić information content (AvgIpc) is 2.68. The molecule has 9 nitrogen and oxygen atoms in total. The quantitative estimate of drug-likeness (QED) is 0.308. The number of carbonyl (C=O) groups is 2. The van der Waals surface area contributed by atoms with Gasteiger partial charge in [-0.05, 0) is 12.8 Å². The summed E-state index contributed by atoms with van der Waals surface area (Å²) < 4.78 is 20.2. The Kier molecular flexibility index (Phi) is 14.9. The highest BCUT2D eigenvalue weighted by Gasteiger charge is 2.16. The second-order valence-corrected chi connectivity index (χ2v) is 6.92. The monoisotopic (exact) mass is 408 g/mol. The van der Waals surface area contributed by atoms with E-state index in [9.17, 15) is 24.9 Å². The van der Waals surface area contributed by atoms with Gasteiger partial charge in [0.15, 0.2) is 0 Å². The van der Waals surface area contributed by atoms with E-state index in [1.54, 1.807) is 13.8 Å². The summed E-state index contributed by atoms with van der Waals surface area (Å²) in [6.07, 6.45) is -1.60. The molecule has 0 spiro atoms. The van der Waals surface area contributed by atoms with E-state index in [2.05, 4.69) is 0 Å². The second-order valence-electron chi connectivity index (χ2n) is 6.92. The van der Waals surface area contributed by atoms with Crippen LogP contribution < -0.4 is 0 Å². The fraction of sp³-hybridized carbons (Fsp3) is 0.895. The van der Waals surface area contributed by atoms with Crippen molar-refractivity contribution in [3.63, 3.8) is 0 Å². The zero-order chi connectivity index (χ0) is 21.5. The third-order valence-electron chi connectivity index (χ3n) is 4.11. The van der Waals surface area contributed by atoms with Gasteiger partial charge in [-0.1, -0.05) is 27.7 Å². The van der Waals surface area contributed by atoms with Crippen molar-refractivity contribution in [3.8, 4) is 0 Å². The Morgan fingerprint density at radius 3 is 1.21 bits per heavy atom. The van der Waals surface area contributed by atoms with Crippen LogP contribution in [0.15, 0.2) is 0 Å². The molecule has 0 aliphatic heterocycles. The molecule has 0 saturated carbocycles. The lowest BCUT2D eigenvalue weighted by atomic mass is 10.1. The molecule has 9 heteroatoms. The lowest BCUT2D eigenvalue weighted by Gasteiger charge is -2.17. The lowest BCUT2D eigenvalue weighted by Crippen LogP contribution is -2.30. The molecular weight excluding hydrogens is 372 g/mol. The summed E-state index contributed by atoms with van der Waals surface area (Å²) in [5.74, 6) is -1.19. The Labute approximate surface area is 166 Å². The van der Waals surface area contributed by atoms with Gasteiger partial charge in [-0.2, -0.15) is 0 Å². The zero-order valence-corrected chi connectivity index (χ0v) is 17.3. The van der Waals surface area contributed by atoms with E-state index in [0.717, 1.165) is 0 Å². The van der Waals surface area contributed by atoms with Crippen LogP contribution in [0.1, 0.15) is 40.5 Å². The molecule has 0 fully saturated rings. The molecule has 0 heterocycles. The number of aliphatic hydroxyl groups excluding tert-OH is 3. The summed E-state index contributed by atoms with van der Waals surface area (Å²) in [7, 11) is 0. The van der Waals surface area contributed by atoms with E-state index in [0.29, 0.717) is 12.8 Å². The minimum absolute atomic E-state index is 0.0878. The largest absolute Gasteiger partial charge is 0.463 e. The Bertz CT molecular complexity index is 392. The van der Waals surface area contributed by atoms with Crippen molar-refractivity contribution < 1.29 is 43.9 Å². The van der Waals surface area contributed by atoms with Crippen molar-refractivity contribution >= 4 is 11.9 Å². The molecule has 4 unspecified atom stereocenters. The second kappa shape index (κ2) is 15.6. The summed E-state index contributed by atoms with van der Waals surface area (Å²) in [4.78, 5) is 23.0. The summed E-state index contributed by atoms with van der Waals surface area (Å²) in [5.41, 5.74) is 0. The maximum absolute atomic E-state index is 11.5. The topological polar surface area (TPSA) is 132 Å². The van der Waals surface area contributed by atoms with Gasteiger partial charge in [-0.15, -0.1) is 0 Å².